The van der Waals surface area contributed by atoms with Crippen LogP contribution in [-0.4, -0.2) is 54.9 Å². The Morgan fingerprint density at radius 2 is 2.07 bits per heavy atom. The van der Waals surface area contributed by atoms with Crippen molar-refractivity contribution in [2.45, 2.75) is 13.0 Å². The van der Waals surface area contributed by atoms with Crippen molar-refractivity contribution in [2.75, 3.05) is 29.5 Å². The summed E-state index contributed by atoms with van der Waals surface area (Å²) < 4.78 is 41.8. The molecule has 0 saturated carbocycles. The van der Waals surface area contributed by atoms with Crippen molar-refractivity contribution >= 4 is 33.2 Å². The standard InChI is InChI=1S/C18H17F2N5O3S2/c19-15(20)17-23-22-16(28-17)12-3-4-13(21-10-12)11-25(14-2-1-7-29-14)18(26)24-5-8-30(27)9-6-24/h1-4,7,10,15H,5-6,8-9,11H2. The molecule has 0 aromatic carbocycles. The topological polar surface area (TPSA) is 92.4 Å². The van der Waals surface area contributed by atoms with E-state index in [0.29, 0.717) is 35.9 Å². The molecule has 0 atom stereocenters. The summed E-state index contributed by atoms with van der Waals surface area (Å²) in [7, 11) is -0.877. The number of aromatic nitrogens is 3. The predicted molar refractivity (Wildman–Crippen MR) is 108 cm³/mol. The van der Waals surface area contributed by atoms with Crippen LogP contribution in [-0.2, 0) is 17.3 Å². The number of carbonyl (C=O) groups is 1. The van der Waals surface area contributed by atoms with E-state index in [-0.39, 0.29) is 18.5 Å². The molecule has 0 radical (unpaired) electrons. The first-order valence-electron chi connectivity index (χ1n) is 9.03. The molecule has 1 aliphatic rings. The van der Waals surface area contributed by atoms with Crippen molar-refractivity contribution in [1.82, 2.24) is 20.1 Å². The van der Waals surface area contributed by atoms with E-state index >= 15 is 0 Å². The number of urea groups is 1. The first-order valence-corrected chi connectivity index (χ1v) is 11.4. The van der Waals surface area contributed by atoms with Gasteiger partial charge in [0.1, 0.15) is 0 Å². The number of hydrogen-bond acceptors (Lipinski definition) is 7. The predicted octanol–water partition coefficient (Wildman–Crippen LogP) is 3.32. The normalized spacial score (nSPS) is 15.0. The van der Waals surface area contributed by atoms with Gasteiger partial charge in [-0.2, -0.15) is 8.78 Å². The number of halogens is 2. The quantitative estimate of drug-likeness (QED) is 0.589. The third-order valence-electron chi connectivity index (χ3n) is 4.47. The number of anilines is 1. The van der Waals surface area contributed by atoms with Crippen LogP contribution >= 0.6 is 11.3 Å². The molecule has 12 heteroatoms. The minimum atomic E-state index is -2.84. The number of nitrogens with zero attached hydrogens (tertiary/aromatic N) is 5. The van der Waals surface area contributed by atoms with Crippen LogP contribution in [0.1, 0.15) is 18.0 Å². The molecule has 3 aromatic rings. The highest BCUT2D eigenvalue weighted by Gasteiger charge is 2.27. The lowest BCUT2D eigenvalue weighted by Crippen LogP contribution is -2.48. The first kappa shape index (κ1) is 20.5. The van der Waals surface area contributed by atoms with Crippen molar-refractivity contribution < 1.29 is 22.2 Å². The van der Waals surface area contributed by atoms with Gasteiger partial charge < -0.3 is 9.32 Å². The fourth-order valence-electron chi connectivity index (χ4n) is 2.91. The van der Waals surface area contributed by atoms with Gasteiger partial charge in [-0.05, 0) is 29.6 Å². The molecule has 1 aliphatic heterocycles. The SMILES string of the molecule is O=C(N1CCS(=O)CC1)N(Cc1ccc(-c2nnc(C(F)F)o2)cn1)c1cccs1. The molecule has 158 valence electrons. The van der Waals surface area contributed by atoms with E-state index in [0.717, 1.165) is 5.00 Å². The van der Waals surface area contributed by atoms with E-state index in [2.05, 4.69) is 15.2 Å². The summed E-state index contributed by atoms with van der Waals surface area (Å²) in [5.74, 6) is 0.159. The summed E-state index contributed by atoms with van der Waals surface area (Å²) in [4.78, 5) is 20.7. The van der Waals surface area contributed by atoms with E-state index in [1.54, 1.807) is 21.9 Å². The molecule has 1 fully saturated rings. The van der Waals surface area contributed by atoms with E-state index in [9.17, 15) is 17.8 Å². The van der Waals surface area contributed by atoms with E-state index in [1.807, 2.05) is 17.5 Å². The lowest BCUT2D eigenvalue weighted by atomic mass is 10.2. The van der Waals surface area contributed by atoms with Gasteiger partial charge in [0.2, 0.25) is 5.89 Å². The zero-order valence-corrected chi connectivity index (χ0v) is 17.2. The Balaban J connectivity index is 1.51. The van der Waals surface area contributed by atoms with Crippen molar-refractivity contribution in [3.8, 4) is 11.5 Å². The number of amides is 2. The second-order valence-corrected chi connectivity index (χ2v) is 9.06. The Hall–Kier alpha value is -2.73. The highest BCUT2D eigenvalue weighted by molar-refractivity contribution is 7.85. The molecular formula is C18H17F2N5O3S2. The summed E-state index contributed by atoms with van der Waals surface area (Å²) in [6.45, 7) is 1.12. The largest absolute Gasteiger partial charge is 0.415 e. The van der Waals surface area contributed by atoms with E-state index < -0.39 is 23.1 Å². The van der Waals surface area contributed by atoms with Gasteiger partial charge in [0, 0.05) is 41.6 Å². The van der Waals surface area contributed by atoms with E-state index in [4.69, 9.17) is 4.42 Å². The van der Waals surface area contributed by atoms with Crippen LogP contribution in [0.5, 0.6) is 0 Å². The van der Waals surface area contributed by atoms with Gasteiger partial charge in [-0.3, -0.25) is 14.1 Å². The Labute approximate surface area is 177 Å². The van der Waals surface area contributed by atoms with Crippen LogP contribution < -0.4 is 4.90 Å². The molecule has 0 spiro atoms. The number of rotatable bonds is 5. The van der Waals surface area contributed by atoms with Crippen LogP contribution in [0.2, 0.25) is 0 Å². The summed E-state index contributed by atoms with van der Waals surface area (Å²) >= 11 is 1.43. The summed E-state index contributed by atoms with van der Waals surface area (Å²) in [5, 5.41) is 9.56. The minimum absolute atomic E-state index is 0.0446. The average molecular weight is 453 g/mol. The molecule has 0 N–H and O–H groups in total. The van der Waals surface area contributed by atoms with Gasteiger partial charge in [-0.1, -0.05) is 0 Å². The summed E-state index contributed by atoms with van der Waals surface area (Å²) in [6, 6.07) is 6.85. The van der Waals surface area contributed by atoms with Crippen LogP contribution in [0.4, 0.5) is 18.6 Å². The molecule has 1 saturated heterocycles. The Bertz CT molecular complexity index is 1020. The molecule has 4 heterocycles. The molecule has 3 aromatic heterocycles. The fraction of sp³-hybridized carbons (Fsp3) is 0.333. The second kappa shape index (κ2) is 8.96. The van der Waals surface area contributed by atoms with Gasteiger partial charge in [0.15, 0.2) is 0 Å². The Morgan fingerprint density at radius 1 is 1.27 bits per heavy atom. The van der Waals surface area contributed by atoms with Crippen molar-refractivity contribution in [3.63, 3.8) is 0 Å². The van der Waals surface area contributed by atoms with Gasteiger partial charge in [-0.25, -0.2) is 4.79 Å². The van der Waals surface area contributed by atoms with E-state index in [1.165, 1.54) is 17.5 Å². The fourth-order valence-corrected chi connectivity index (χ4v) is 4.68. The number of pyridine rings is 1. The third-order valence-corrected chi connectivity index (χ3v) is 6.64. The minimum Gasteiger partial charge on any atom is -0.415 e. The van der Waals surface area contributed by atoms with Crippen molar-refractivity contribution in [1.29, 1.82) is 0 Å². The Kier molecular flexibility index (Phi) is 6.13. The van der Waals surface area contributed by atoms with Crippen LogP contribution in [0, 0.1) is 0 Å². The van der Waals surface area contributed by atoms with Gasteiger partial charge in [0.25, 0.3) is 5.89 Å². The van der Waals surface area contributed by atoms with Gasteiger partial charge >= 0.3 is 12.5 Å². The van der Waals surface area contributed by atoms with Crippen LogP contribution in [0.3, 0.4) is 0 Å². The number of thiophene rings is 1. The molecule has 4 rings (SSSR count). The maximum atomic E-state index is 13.1. The maximum Gasteiger partial charge on any atom is 0.325 e. The lowest BCUT2D eigenvalue weighted by Gasteiger charge is -2.32. The molecule has 30 heavy (non-hydrogen) atoms. The maximum absolute atomic E-state index is 13.1. The summed E-state index contributed by atoms with van der Waals surface area (Å²) in [5.41, 5.74) is 1.01. The lowest BCUT2D eigenvalue weighted by molar-refractivity contribution is 0.116. The molecule has 0 aliphatic carbocycles. The first-order chi connectivity index (χ1) is 14.5. The highest BCUT2D eigenvalue weighted by Crippen LogP contribution is 2.26. The number of carbonyl (C=O) groups excluding carboxylic acids is 1. The van der Waals surface area contributed by atoms with Crippen molar-refractivity contribution in [2.24, 2.45) is 0 Å². The molecule has 0 unspecified atom stereocenters. The molecule has 0 bridgehead atoms. The van der Waals surface area contributed by atoms with Crippen LogP contribution in [0.15, 0.2) is 40.3 Å². The molecular weight excluding hydrogens is 436 g/mol. The smallest absolute Gasteiger partial charge is 0.325 e. The van der Waals surface area contributed by atoms with Gasteiger partial charge in [-0.15, -0.1) is 21.5 Å². The Morgan fingerprint density at radius 3 is 2.67 bits per heavy atom. The average Bonchev–Trinajstić information content (AvgIpc) is 3.45. The van der Waals surface area contributed by atoms with Crippen molar-refractivity contribution in [3.05, 3.63) is 47.4 Å². The third kappa shape index (κ3) is 4.54. The van der Waals surface area contributed by atoms with Crippen LogP contribution in [0.25, 0.3) is 11.5 Å². The van der Waals surface area contributed by atoms with Gasteiger partial charge in [0.05, 0.1) is 22.8 Å². The second-order valence-electron chi connectivity index (χ2n) is 6.44. The highest BCUT2D eigenvalue weighted by atomic mass is 32.2. The molecule has 8 nitrogen and oxygen atoms in total. The number of hydrogen-bond donors (Lipinski definition) is 0. The zero-order chi connectivity index (χ0) is 21.1. The summed E-state index contributed by atoms with van der Waals surface area (Å²) in [6.07, 6.45) is -1.39. The zero-order valence-electron chi connectivity index (χ0n) is 15.6. The number of alkyl halides is 2. The monoisotopic (exact) mass is 453 g/mol. The molecule has 2 amide bonds.